The Morgan fingerprint density at radius 3 is 2.45 bits per heavy atom. The summed E-state index contributed by atoms with van der Waals surface area (Å²) in [6.45, 7) is 8.47. The van der Waals surface area contributed by atoms with Crippen molar-refractivity contribution in [3.05, 3.63) is 23.2 Å². The van der Waals surface area contributed by atoms with Crippen LogP contribution in [0.2, 0.25) is 0 Å². The highest BCUT2D eigenvalue weighted by molar-refractivity contribution is 5.23. The van der Waals surface area contributed by atoms with E-state index in [1.807, 2.05) is 13.8 Å². The molecule has 1 aromatic heterocycles. The largest absolute Gasteiger partial charge is 0.466 e. The number of rotatable bonds is 2. The average molecular weight is 152 g/mol. The average Bonchev–Trinajstić information content (AvgIpc) is 2.28. The maximum Gasteiger partial charge on any atom is 0.104 e. The molecule has 1 nitrogen and oxygen atoms in total. The summed E-state index contributed by atoms with van der Waals surface area (Å²) in [6, 6.07) is 2.14. The fourth-order valence-electron chi connectivity index (χ4n) is 1.36. The van der Waals surface area contributed by atoms with Crippen LogP contribution < -0.4 is 0 Å². The Bertz CT molecular complexity index is 235. The summed E-state index contributed by atoms with van der Waals surface area (Å²) < 4.78 is 5.44. The molecule has 1 heteroatoms. The maximum absolute atomic E-state index is 5.44. The molecule has 0 fully saturated rings. The molecule has 0 spiro atoms. The molecule has 11 heavy (non-hydrogen) atoms. The Hall–Kier alpha value is -0.720. The van der Waals surface area contributed by atoms with Gasteiger partial charge in [0.25, 0.3) is 0 Å². The molecule has 0 N–H and O–H groups in total. The van der Waals surface area contributed by atoms with Crippen LogP contribution in [0.3, 0.4) is 0 Å². The molecule has 0 aromatic carbocycles. The Balaban J connectivity index is 2.93. The molecular weight excluding hydrogens is 136 g/mol. The van der Waals surface area contributed by atoms with Gasteiger partial charge < -0.3 is 4.42 Å². The molecule has 0 saturated heterocycles. The minimum atomic E-state index is 0.632. The SMILES string of the molecule is CCC(C)c1cc(C)oc1C. The third-order valence-electron chi connectivity index (χ3n) is 2.22. The van der Waals surface area contributed by atoms with E-state index in [-0.39, 0.29) is 0 Å². The lowest BCUT2D eigenvalue weighted by Crippen LogP contribution is -1.89. The molecule has 1 atom stereocenters. The normalized spacial score (nSPS) is 13.5. The number of hydrogen-bond acceptors (Lipinski definition) is 1. The third-order valence-corrected chi connectivity index (χ3v) is 2.22. The van der Waals surface area contributed by atoms with Crippen LogP contribution in [0, 0.1) is 13.8 Å². The first-order valence-corrected chi connectivity index (χ1v) is 4.22. The summed E-state index contributed by atoms with van der Waals surface area (Å²) in [4.78, 5) is 0. The summed E-state index contributed by atoms with van der Waals surface area (Å²) >= 11 is 0. The van der Waals surface area contributed by atoms with Gasteiger partial charge in [0.05, 0.1) is 0 Å². The zero-order valence-corrected chi connectivity index (χ0v) is 7.77. The summed E-state index contributed by atoms with van der Waals surface area (Å²) in [5.74, 6) is 2.74. The fraction of sp³-hybridized carbons (Fsp3) is 0.600. The quantitative estimate of drug-likeness (QED) is 0.633. The van der Waals surface area contributed by atoms with E-state index in [0.29, 0.717) is 5.92 Å². The molecule has 0 aliphatic carbocycles. The zero-order valence-electron chi connectivity index (χ0n) is 7.77. The van der Waals surface area contributed by atoms with E-state index in [1.54, 1.807) is 0 Å². The first-order chi connectivity index (χ1) is 5.15. The highest BCUT2D eigenvalue weighted by Gasteiger charge is 2.09. The van der Waals surface area contributed by atoms with Crippen molar-refractivity contribution in [2.45, 2.75) is 40.0 Å². The van der Waals surface area contributed by atoms with Gasteiger partial charge in [0, 0.05) is 0 Å². The molecule has 1 aromatic rings. The molecular formula is C10H16O. The van der Waals surface area contributed by atoms with E-state index in [9.17, 15) is 0 Å². The molecule has 1 unspecified atom stereocenters. The fourth-order valence-corrected chi connectivity index (χ4v) is 1.36. The Morgan fingerprint density at radius 2 is 2.09 bits per heavy atom. The first-order valence-electron chi connectivity index (χ1n) is 4.22. The van der Waals surface area contributed by atoms with Gasteiger partial charge in [-0.15, -0.1) is 0 Å². The Morgan fingerprint density at radius 1 is 1.45 bits per heavy atom. The van der Waals surface area contributed by atoms with Gasteiger partial charge >= 0.3 is 0 Å². The first kappa shape index (κ1) is 8.38. The molecule has 1 heterocycles. The second-order valence-electron chi connectivity index (χ2n) is 3.18. The van der Waals surface area contributed by atoms with E-state index >= 15 is 0 Å². The lowest BCUT2D eigenvalue weighted by molar-refractivity contribution is 0.497. The number of aryl methyl sites for hydroxylation is 2. The molecule has 62 valence electrons. The molecule has 0 amide bonds. The van der Waals surface area contributed by atoms with Gasteiger partial charge in [-0.05, 0) is 37.8 Å². The summed E-state index contributed by atoms with van der Waals surface area (Å²) in [6.07, 6.45) is 1.18. The molecule has 0 radical (unpaired) electrons. The van der Waals surface area contributed by atoms with Crippen LogP contribution in [-0.4, -0.2) is 0 Å². The number of hydrogen-bond donors (Lipinski definition) is 0. The van der Waals surface area contributed by atoms with E-state index < -0.39 is 0 Å². The second kappa shape index (κ2) is 3.12. The highest BCUT2D eigenvalue weighted by Crippen LogP contribution is 2.24. The van der Waals surface area contributed by atoms with E-state index in [4.69, 9.17) is 4.42 Å². The summed E-state index contributed by atoms with van der Waals surface area (Å²) in [5.41, 5.74) is 1.37. The van der Waals surface area contributed by atoms with Gasteiger partial charge in [0.15, 0.2) is 0 Å². The lowest BCUT2D eigenvalue weighted by atomic mass is 9.99. The van der Waals surface area contributed by atoms with Gasteiger partial charge in [0.2, 0.25) is 0 Å². The van der Waals surface area contributed by atoms with Crippen LogP contribution in [0.4, 0.5) is 0 Å². The van der Waals surface area contributed by atoms with E-state index in [0.717, 1.165) is 11.5 Å². The smallest absolute Gasteiger partial charge is 0.104 e. The van der Waals surface area contributed by atoms with Crippen molar-refractivity contribution in [2.75, 3.05) is 0 Å². The topological polar surface area (TPSA) is 13.1 Å². The third kappa shape index (κ3) is 1.65. The van der Waals surface area contributed by atoms with Crippen molar-refractivity contribution in [1.29, 1.82) is 0 Å². The van der Waals surface area contributed by atoms with Crippen LogP contribution in [0.1, 0.15) is 43.3 Å². The van der Waals surface area contributed by atoms with Gasteiger partial charge in [0.1, 0.15) is 11.5 Å². The lowest BCUT2D eigenvalue weighted by Gasteiger charge is -2.04. The van der Waals surface area contributed by atoms with Crippen molar-refractivity contribution in [1.82, 2.24) is 0 Å². The van der Waals surface area contributed by atoms with Crippen LogP contribution in [0.5, 0.6) is 0 Å². The molecule has 0 bridgehead atoms. The summed E-state index contributed by atoms with van der Waals surface area (Å²) in [5, 5.41) is 0. The van der Waals surface area contributed by atoms with Crippen LogP contribution in [-0.2, 0) is 0 Å². The van der Waals surface area contributed by atoms with Crippen molar-refractivity contribution in [3.8, 4) is 0 Å². The van der Waals surface area contributed by atoms with Gasteiger partial charge in [-0.25, -0.2) is 0 Å². The monoisotopic (exact) mass is 152 g/mol. The molecule has 0 aliphatic rings. The van der Waals surface area contributed by atoms with Crippen LogP contribution in [0.15, 0.2) is 10.5 Å². The predicted molar refractivity (Wildman–Crippen MR) is 46.9 cm³/mol. The number of furan rings is 1. The highest BCUT2D eigenvalue weighted by atomic mass is 16.3. The van der Waals surface area contributed by atoms with Gasteiger partial charge in [-0.1, -0.05) is 13.8 Å². The minimum Gasteiger partial charge on any atom is -0.466 e. The summed E-state index contributed by atoms with van der Waals surface area (Å²) in [7, 11) is 0. The van der Waals surface area contributed by atoms with Crippen molar-refractivity contribution in [2.24, 2.45) is 0 Å². The van der Waals surface area contributed by atoms with Gasteiger partial charge in [-0.2, -0.15) is 0 Å². The van der Waals surface area contributed by atoms with E-state index in [2.05, 4.69) is 19.9 Å². The molecule has 0 aliphatic heterocycles. The predicted octanol–water partition coefficient (Wildman–Crippen LogP) is 3.41. The molecule has 1 rings (SSSR count). The minimum absolute atomic E-state index is 0.632. The van der Waals surface area contributed by atoms with Crippen molar-refractivity contribution in [3.63, 3.8) is 0 Å². The van der Waals surface area contributed by atoms with Crippen LogP contribution in [0.25, 0.3) is 0 Å². The van der Waals surface area contributed by atoms with Crippen molar-refractivity contribution >= 4 is 0 Å². The Kier molecular flexibility index (Phi) is 2.38. The standard InChI is InChI=1S/C10H16O/c1-5-7(2)10-6-8(3)11-9(10)4/h6-7H,5H2,1-4H3. The van der Waals surface area contributed by atoms with Crippen LogP contribution >= 0.6 is 0 Å². The van der Waals surface area contributed by atoms with E-state index in [1.165, 1.54) is 12.0 Å². The molecule has 0 saturated carbocycles. The second-order valence-corrected chi connectivity index (χ2v) is 3.18. The zero-order chi connectivity index (χ0) is 8.43. The Labute approximate surface area is 68.4 Å². The maximum atomic E-state index is 5.44. The van der Waals surface area contributed by atoms with Crippen molar-refractivity contribution < 1.29 is 4.42 Å². The van der Waals surface area contributed by atoms with Gasteiger partial charge in [-0.3, -0.25) is 0 Å².